The van der Waals surface area contributed by atoms with Crippen LogP contribution in [0.1, 0.15) is 13.3 Å². The molecule has 0 N–H and O–H groups in total. The van der Waals surface area contributed by atoms with Gasteiger partial charge in [0.15, 0.2) is 0 Å². The molecule has 21 heavy (non-hydrogen) atoms. The number of rotatable bonds is 3. The minimum Gasteiger partial charge on any atom is -0.433 e. The highest BCUT2D eigenvalue weighted by molar-refractivity contribution is 8.01. The molecule has 0 bridgehead atoms. The number of nitrogens with zero attached hydrogens (tertiary/aromatic N) is 1. The van der Waals surface area contributed by atoms with Crippen LogP contribution in [0, 0.1) is 0 Å². The number of fused-ring (bicyclic) bond motifs is 1. The van der Waals surface area contributed by atoms with E-state index in [1.54, 1.807) is 18.2 Å². The molecule has 2 aliphatic heterocycles. The molecule has 2 saturated heterocycles. The van der Waals surface area contributed by atoms with Crippen molar-refractivity contribution in [2.45, 2.75) is 29.2 Å². The van der Waals surface area contributed by atoms with Crippen LogP contribution in [-0.4, -0.2) is 34.5 Å². The molecule has 8 heteroatoms. The summed E-state index contributed by atoms with van der Waals surface area (Å²) in [6.45, 7) is 2.44. The van der Waals surface area contributed by atoms with Crippen molar-refractivity contribution in [3.05, 3.63) is 28.2 Å². The van der Waals surface area contributed by atoms with E-state index in [1.807, 2.05) is 6.92 Å². The van der Waals surface area contributed by atoms with Gasteiger partial charge in [0, 0.05) is 9.92 Å². The first kappa shape index (κ1) is 15.0. The lowest BCUT2D eigenvalue weighted by Gasteiger charge is -2.54. The number of thioether (sulfide) groups is 1. The van der Waals surface area contributed by atoms with Gasteiger partial charge in [-0.1, -0.05) is 35.2 Å². The summed E-state index contributed by atoms with van der Waals surface area (Å²) in [4.78, 5) is 28.2. The van der Waals surface area contributed by atoms with Gasteiger partial charge in [-0.15, -0.1) is 11.8 Å². The second-order valence-corrected chi connectivity index (χ2v) is 7.11. The minimum atomic E-state index is -0.984. The summed E-state index contributed by atoms with van der Waals surface area (Å²) >= 11 is 13.7. The predicted molar refractivity (Wildman–Crippen MR) is 78.0 cm³/mol. The van der Waals surface area contributed by atoms with E-state index in [9.17, 15) is 9.59 Å². The smallest absolute Gasteiger partial charge is 0.433 e. The van der Waals surface area contributed by atoms with E-state index in [-0.39, 0.29) is 0 Å². The van der Waals surface area contributed by atoms with E-state index < -0.39 is 22.9 Å². The predicted octanol–water partition coefficient (Wildman–Crippen LogP) is 2.89. The Morgan fingerprint density at radius 3 is 2.86 bits per heavy atom. The third-order valence-electron chi connectivity index (χ3n) is 3.53. The maximum absolute atomic E-state index is 11.4. The summed E-state index contributed by atoms with van der Waals surface area (Å²) < 4.78 is 4.75. The molecule has 0 amide bonds. The number of hydroxylamine groups is 2. The zero-order valence-electron chi connectivity index (χ0n) is 11.0. The van der Waals surface area contributed by atoms with Gasteiger partial charge in [-0.25, -0.2) is 9.59 Å². The third kappa shape index (κ3) is 2.50. The normalized spacial score (nSPS) is 28.4. The Morgan fingerprint density at radius 1 is 1.38 bits per heavy atom. The molecule has 3 rings (SSSR count). The number of carbonyl (C=O) groups is 2. The zero-order chi connectivity index (χ0) is 15.2. The van der Waals surface area contributed by atoms with E-state index in [0.29, 0.717) is 23.0 Å². The van der Waals surface area contributed by atoms with Crippen molar-refractivity contribution in [1.82, 2.24) is 5.06 Å². The van der Waals surface area contributed by atoms with Crippen LogP contribution in [0.3, 0.4) is 0 Å². The standard InChI is InChI=1S/C13H11Cl2NO4S/c1-2-13(21-9-5-7(14)3-4-8(9)15)6-16-12(13)19-10(17)11(18)20-16/h3-5,12H,2,6H2,1H3. The summed E-state index contributed by atoms with van der Waals surface area (Å²) in [7, 11) is 0. The Balaban J connectivity index is 1.84. The van der Waals surface area contributed by atoms with Crippen LogP contribution in [0.15, 0.2) is 23.1 Å². The Morgan fingerprint density at radius 2 is 2.14 bits per heavy atom. The van der Waals surface area contributed by atoms with E-state index in [1.165, 1.54) is 16.8 Å². The van der Waals surface area contributed by atoms with Crippen molar-refractivity contribution < 1.29 is 19.2 Å². The van der Waals surface area contributed by atoms with Crippen LogP contribution >= 0.6 is 35.0 Å². The van der Waals surface area contributed by atoms with Gasteiger partial charge in [-0.3, -0.25) is 0 Å². The van der Waals surface area contributed by atoms with Crippen molar-refractivity contribution in [1.29, 1.82) is 0 Å². The van der Waals surface area contributed by atoms with E-state index in [2.05, 4.69) is 0 Å². The number of hydrogen-bond acceptors (Lipinski definition) is 6. The monoisotopic (exact) mass is 347 g/mol. The van der Waals surface area contributed by atoms with Crippen LogP contribution in [0.2, 0.25) is 10.0 Å². The van der Waals surface area contributed by atoms with E-state index in [4.69, 9.17) is 32.8 Å². The average molecular weight is 348 g/mol. The Labute approximate surface area is 135 Å². The molecule has 0 aromatic heterocycles. The first-order chi connectivity index (χ1) is 9.95. The molecule has 0 spiro atoms. The molecule has 0 aliphatic carbocycles. The lowest BCUT2D eigenvalue weighted by atomic mass is 9.95. The summed E-state index contributed by atoms with van der Waals surface area (Å²) in [6, 6.07) is 5.20. The lowest BCUT2D eigenvalue weighted by Crippen LogP contribution is -2.71. The molecule has 2 aliphatic rings. The molecule has 2 heterocycles. The topological polar surface area (TPSA) is 55.8 Å². The van der Waals surface area contributed by atoms with Crippen LogP contribution in [0.25, 0.3) is 0 Å². The molecule has 1 aromatic rings. The highest BCUT2D eigenvalue weighted by Crippen LogP contribution is 2.50. The van der Waals surface area contributed by atoms with Gasteiger partial charge in [0.2, 0.25) is 6.23 Å². The number of benzene rings is 1. The molecule has 2 atom stereocenters. The van der Waals surface area contributed by atoms with Crippen molar-refractivity contribution in [2.24, 2.45) is 0 Å². The fraction of sp³-hybridized carbons (Fsp3) is 0.385. The van der Waals surface area contributed by atoms with Crippen molar-refractivity contribution in [3.63, 3.8) is 0 Å². The second-order valence-electron chi connectivity index (χ2n) is 4.81. The summed E-state index contributed by atoms with van der Waals surface area (Å²) in [5.74, 6) is -1.95. The molecule has 0 saturated carbocycles. The van der Waals surface area contributed by atoms with Crippen LogP contribution < -0.4 is 0 Å². The number of halogens is 2. The lowest BCUT2D eigenvalue weighted by molar-refractivity contribution is -0.314. The number of esters is 1. The molecule has 0 radical (unpaired) electrons. The van der Waals surface area contributed by atoms with E-state index in [0.717, 1.165) is 4.90 Å². The SMILES string of the molecule is CCC1(Sc2cc(Cl)ccc2Cl)CN2OC(=O)C(=O)OC21. The van der Waals surface area contributed by atoms with Gasteiger partial charge in [0.1, 0.15) is 0 Å². The average Bonchev–Trinajstić information content (AvgIpc) is 2.45. The van der Waals surface area contributed by atoms with Crippen LogP contribution in [0.4, 0.5) is 0 Å². The van der Waals surface area contributed by atoms with Gasteiger partial charge >= 0.3 is 11.9 Å². The molecular formula is C13H11Cl2NO4S. The van der Waals surface area contributed by atoms with Gasteiger partial charge in [0.05, 0.1) is 16.3 Å². The van der Waals surface area contributed by atoms with Gasteiger partial charge in [-0.2, -0.15) is 0 Å². The highest BCUT2D eigenvalue weighted by atomic mass is 35.5. The van der Waals surface area contributed by atoms with E-state index >= 15 is 0 Å². The largest absolute Gasteiger partial charge is 0.436 e. The van der Waals surface area contributed by atoms with Gasteiger partial charge in [-0.05, 0) is 24.6 Å². The van der Waals surface area contributed by atoms with Gasteiger partial charge in [0.25, 0.3) is 0 Å². The molecule has 1 aromatic carbocycles. The quantitative estimate of drug-likeness (QED) is 0.619. The van der Waals surface area contributed by atoms with Crippen LogP contribution in [-0.2, 0) is 19.2 Å². The molecular weight excluding hydrogens is 337 g/mol. The zero-order valence-corrected chi connectivity index (χ0v) is 13.3. The summed E-state index contributed by atoms with van der Waals surface area (Å²) in [5, 5.41) is 2.53. The van der Waals surface area contributed by atoms with Crippen LogP contribution in [0.5, 0.6) is 0 Å². The fourth-order valence-electron chi connectivity index (χ4n) is 2.33. The first-order valence-electron chi connectivity index (χ1n) is 6.29. The Hall–Kier alpha value is -0.950. The summed E-state index contributed by atoms with van der Waals surface area (Å²) in [6.07, 6.45) is 0.111. The number of carbonyl (C=O) groups excluding carboxylic acids is 2. The Kier molecular flexibility index (Phi) is 3.81. The number of ether oxygens (including phenoxy) is 1. The molecule has 112 valence electrons. The second kappa shape index (κ2) is 5.35. The highest BCUT2D eigenvalue weighted by Gasteiger charge is 2.60. The molecule has 2 fully saturated rings. The summed E-state index contributed by atoms with van der Waals surface area (Å²) in [5.41, 5.74) is 0. The third-order valence-corrected chi connectivity index (χ3v) is 5.79. The maximum atomic E-state index is 11.4. The van der Waals surface area contributed by atoms with Crippen molar-refractivity contribution in [3.8, 4) is 0 Å². The first-order valence-corrected chi connectivity index (χ1v) is 7.86. The Bertz CT molecular complexity index is 626. The minimum absolute atomic E-state index is 0.412. The van der Waals surface area contributed by atoms with Crippen molar-refractivity contribution in [2.75, 3.05) is 6.54 Å². The van der Waals surface area contributed by atoms with Gasteiger partial charge < -0.3 is 9.57 Å². The fourth-order valence-corrected chi connectivity index (χ4v) is 4.19. The molecule has 5 nitrogen and oxygen atoms in total. The number of hydrogen-bond donors (Lipinski definition) is 0. The molecule has 2 unspecified atom stereocenters. The maximum Gasteiger partial charge on any atom is 0.436 e. The van der Waals surface area contributed by atoms with Crippen molar-refractivity contribution >= 4 is 46.9 Å².